The minimum absolute atomic E-state index is 0.218. The van der Waals surface area contributed by atoms with Crippen LogP contribution in [0.2, 0.25) is 0 Å². The molecule has 1 saturated heterocycles. The normalized spacial score (nSPS) is 16.3. The molecule has 5 nitrogen and oxygen atoms in total. The van der Waals surface area contributed by atoms with Crippen molar-refractivity contribution in [2.75, 3.05) is 13.1 Å². The molecule has 1 aliphatic rings. The van der Waals surface area contributed by atoms with E-state index in [1.165, 1.54) is 9.71 Å². The molecular weight excluding hydrogens is 334 g/mol. The van der Waals surface area contributed by atoms with E-state index in [2.05, 4.69) is 23.1 Å². The number of hydrogen-bond acceptors (Lipinski definition) is 5. The topological polar surface area (TPSA) is 59.3 Å². The number of rotatable bonds is 4. The van der Waals surface area contributed by atoms with Gasteiger partial charge in [0, 0.05) is 24.1 Å². The smallest absolute Gasteiger partial charge is 0.273 e. The van der Waals surface area contributed by atoms with Crippen LogP contribution in [-0.4, -0.2) is 27.9 Å². The minimum atomic E-state index is -0.288. The zero-order valence-electron chi connectivity index (χ0n) is 13.8. The minimum Gasteiger partial charge on any atom is -0.299 e. The molecule has 0 bridgehead atoms. The monoisotopic (exact) mass is 353 g/mol. The van der Waals surface area contributed by atoms with E-state index >= 15 is 0 Å². The Morgan fingerprint density at radius 3 is 2.60 bits per heavy atom. The van der Waals surface area contributed by atoms with Crippen molar-refractivity contribution >= 4 is 27.2 Å². The molecule has 0 saturated carbocycles. The molecule has 1 aromatic heterocycles. The van der Waals surface area contributed by atoms with E-state index in [9.17, 15) is 10.1 Å². The first kappa shape index (κ1) is 16.2. The average Bonchev–Trinajstić information content (AvgIpc) is 3.07. The Morgan fingerprint density at radius 1 is 1.12 bits per heavy atom. The second-order valence-electron chi connectivity index (χ2n) is 6.46. The molecular formula is C19H19N3O2S. The Labute approximate surface area is 150 Å². The van der Waals surface area contributed by atoms with Crippen LogP contribution in [0, 0.1) is 10.1 Å². The van der Waals surface area contributed by atoms with Crippen molar-refractivity contribution in [2.24, 2.45) is 0 Å². The molecule has 0 aliphatic carbocycles. The summed E-state index contributed by atoms with van der Waals surface area (Å²) in [6, 6.07) is 15.3. The van der Waals surface area contributed by atoms with Crippen LogP contribution in [0.3, 0.4) is 0 Å². The van der Waals surface area contributed by atoms with Crippen LogP contribution in [0.25, 0.3) is 10.2 Å². The first-order chi connectivity index (χ1) is 12.2. The summed E-state index contributed by atoms with van der Waals surface area (Å²) in [6.07, 6.45) is 2.11. The number of fused-ring (bicyclic) bond motifs is 1. The van der Waals surface area contributed by atoms with E-state index in [1.807, 2.05) is 18.2 Å². The molecule has 0 spiro atoms. The third-order valence-electron chi connectivity index (χ3n) is 4.83. The van der Waals surface area contributed by atoms with E-state index in [-0.39, 0.29) is 10.6 Å². The van der Waals surface area contributed by atoms with Crippen molar-refractivity contribution < 1.29 is 4.92 Å². The summed E-state index contributed by atoms with van der Waals surface area (Å²) >= 11 is 1.80. The highest BCUT2D eigenvalue weighted by atomic mass is 32.1. The van der Waals surface area contributed by atoms with E-state index in [4.69, 9.17) is 4.98 Å². The number of likely N-dealkylation sites (tertiary alicyclic amines) is 1. The predicted octanol–water partition coefficient (Wildman–Crippen LogP) is 4.58. The van der Waals surface area contributed by atoms with E-state index in [0.29, 0.717) is 12.5 Å². The van der Waals surface area contributed by atoms with Crippen molar-refractivity contribution in [1.29, 1.82) is 0 Å². The predicted molar refractivity (Wildman–Crippen MR) is 100.0 cm³/mol. The van der Waals surface area contributed by atoms with Crippen LogP contribution < -0.4 is 0 Å². The third kappa shape index (κ3) is 3.41. The Morgan fingerprint density at radius 2 is 1.84 bits per heavy atom. The van der Waals surface area contributed by atoms with Crippen molar-refractivity contribution in [3.63, 3.8) is 0 Å². The zero-order valence-corrected chi connectivity index (χ0v) is 14.6. The maximum atomic E-state index is 11.2. The molecule has 0 amide bonds. The van der Waals surface area contributed by atoms with Gasteiger partial charge in [-0.05, 0) is 38.1 Å². The lowest BCUT2D eigenvalue weighted by atomic mass is 9.97. The van der Waals surface area contributed by atoms with E-state index in [1.54, 1.807) is 23.5 Å². The third-order valence-corrected chi connectivity index (χ3v) is 6.03. The van der Waals surface area contributed by atoms with Gasteiger partial charge < -0.3 is 0 Å². The Kier molecular flexibility index (Phi) is 4.46. The lowest BCUT2D eigenvalue weighted by Gasteiger charge is -2.30. The van der Waals surface area contributed by atoms with Gasteiger partial charge in [-0.2, -0.15) is 0 Å². The van der Waals surface area contributed by atoms with Crippen molar-refractivity contribution in [1.82, 2.24) is 9.88 Å². The number of thiazole rings is 1. The molecule has 128 valence electrons. The van der Waals surface area contributed by atoms with E-state index < -0.39 is 0 Å². The molecule has 6 heteroatoms. The second-order valence-corrected chi connectivity index (χ2v) is 7.52. The van der Waals surface area contributed by atoms with Crippen molar-refractivity contribution in [3.05, 3.63) is 69.2 Å². The molecule has 0 unspecified atom stereocenters. The molecule has 2 aromatic carbocycles. The quantitative estimate of drug-likeness (QED) is 0.509. The molecule has 2 heterocycles. The van der Waals surface area contributed by atoms with Gasteiger partial charge in [0.1, 0.15) is 0 Å². The number of nitro benzene ring substituents is 1. The molecule has 0 N–H and O–H groups in total. The highest BCUT2D eigenvalue weighted by molar-refractivity contribution is 7.18. The molecule has 1 fully saturated rings. The van der Waals surface area contributed by atoms with Gasteiger partial charge in [0.05, 0.1) is 20.1 Å². The maximum Gasteiger partial charge on any atom is 0.273 e. The molecule has 1 aliphatic heterocycles. The van der Waals surface area contributed by atoms with Gasteiger partial charge in [0.15, 0.2) is 0 Å². The number of piperidine rings is 1. The van der Waals surface area contributed by atoms with Crippen LogP contribution >= 0.6 is 11.3 Å². The SMILES string of the molecule is O=[N+]([O-])c1ccccc1CN1CCC(c2nc3ccccc3s2)CC1. The fourth-order valence-corrected chi connectivity index (χ4v) is 4.60. The van der Waals surface area contributed by atoms with Gasteiger partial charge >= 0.3 is 0 Å². The molecule has 3 aromatic rings. The van der Waals surface area contributed by atoms with Gasteiger partial charge in [-0.3, -0.25) is 15.0 Å². The zero-order chi connectivity index (χ0) is 17.2. The van der Waals surface area contributed by atoms with Gasteiger partial charge in [0.2, 0.25) is 0 Å². The molecule has 0 radical (unpaired) electrons. The van der Waals surface area contributed by atoms with Gasteiger partial charge in [-0.25, -0.2) is 4.98 Å². The summed E-state index contributed by atoms with van der Waals surface area (Å²) in [5.74, 6) is 0.499. The average molecular weight is 353 g/mol. The number of hydrogen-bond donors (Lipinski definition) is 0. The lowest BCUT2D eigenvalue weighted by molar-refractivity contribution is -0.385. The molecule has 25 heavy (non-hydrogen) atoms. The number of nitrogens with zero attached hydrogens (tertiary/aromatic N) is 3. The summed E-state index contributed by atoms with van der Waals surface area (Å²) < 4.78 is 1.25. The Bertz CT molecular complexity index is 867. The van der Waals surface area contributed by atoms with Gasteiger partial charge in [-0.15, -0.1) is 11.3 Å². The van der Waals surface area contributed by atoms with Crippen LogP contribution in [0.4, 0.5) is 5.69 Å². The van der Waals surface area contributed by atoms with E-state index in [0.717, 1.165) is 37.0 Å². The summed E-state index contributed by atoms with van der Waals surface area (Å²) in [5.41, 5.74) is 2.10. The summed E-state index contributed by atoms with van der Waals surface area (Å²) in [5, 5.41) is 12.4. The standard InChI is InChI=1S/C19H19N3O2S/c23-22(24)17-7-3-1-5-15(17)13-21-11-9-14(10-12-21)19-20-16-6-2-4-8-18(16)25-19/h1-8,14H,9-13H2. The highest BCUT2D eigenvalue weighted by Crippen LogP contribution is 2.34. The fraction of sp³-hybridized carbons (Fsp3) is 0.316. The first-order valence-corrected chi connectivity index (χ1v) is 9.32. The van der Waals surface area contributed by atoms with Crippen LogP contribution in [0.1, 0.15) is 29.3 Å². The Balaban J connectivity index is 1.42. The first-order valence-electron chi connectivity index (χ1n) is 8.51. The van der Waals surface area contributed by atoms with Crippen molar-refractivity contribution in [3.8, 4) is 0 Å². The number of benzene rings is 2. The van der Waals surface area contributed by atoms with Crippen LogP contribution in [0.15, 0.2) is 48.5 Å². The maximum absolute atomic E-state index is 11.2. The largest absolute Gasteiger partial charge is 0.299 e. The Hall–Kier alpha value is -2.31. The van der Waals surface area contributed by atoms with Crippen LogP contribution in [-0.2, 0) is 6.54 Å². The van der Waals surface area contributed by atoms with Crippen LogP contribution in [0.5, 0.6) is 0 Å². The fourth-order valence-electron chi connectivity index (χ4n) is 3.47. The molecule has 4 rings (SSSR count). The number of aromatic nitrogens is 1. The lowest BCUT2D eigenvalue weighted by Crippen LogP contribution is -2.32. The summed E-state index contributed by atoms with van der Waals surface area (Å²) in [7, 11) is 0. The van der Waals surface area contributed by atoms with Gasteiger partial charge in [0.25, 0.3) is 5.69 Å². The number of nitro groups is 1. The summed E-state index contributed by atoms with van der Waals surface area (Å²) in [4.78, 5) is 18.0. The second kappa shape index (κ2) is 6.90. The molecule has 0 atom stereocenters. The van der Waals surface area contributed by atoms with Gasteiger partial charge in [-0.1, -0.05) is 30.3 Å². The number of para-hydroxylation sites is 2. The summed E-state index contributed by atoms with van der Waals surface area (Å²) in [6.45, 7) is 2.54. The highest BCUT2D eigenvalue weighted by Gasteiger charge is 2.24. The van der Waals surface area contributed by atoms with Crippen molar-refractivity contribution in [2.45, 2.75) is 25.3 Å².